The molecule has 28 heavy (non-hydrogen) atoms. The molecule has 2 aromatic heterocycles. The smallest absolute Gasteiger partial charge is 0.225 e. The number of hydrogen-bond donors (Lipinski definition) is 0. The van der Waals surface area contributed by atoms with Crippen LogP contribution in [-0.4, -0.2) is 57.0 Å². The maximum Gasteiger partial charge on any atom is 0.225 e. The molecule has 8 heteroatoms. The van der Waals surface area contributed by atoms with Crippen LogP contribution in [0.2, 0.25) is 0 Å². The second kappa shape index (κ2) is 8.10. The van der Waals surface area contributed by atoms with Crippen molar-refractivity contribution < 1.29 is 9.53 Å². The van der Waals surface area contributed by atoms with E-state index in [1.165, 1.54) is 17.1 Å². The molecule has 1 fully saturated rings. The average Bonchev–Trinajstić information content (AvgIpc) is 3.23. The van der Waals surface area contributed by atoms with Crippen molar-refractivity contribution in [1.29, 1.82) is 0 Å². The Morgan fingerprint density at radius 2 is 1.86 bits per heavy atom. The largest absolute Gasteiger partial charge is 0.378 e. The number of allylic oxidation sites excluding steroid dienone is 1. The highest BCUT2D eigenvalue weighted by Gasteiger charge is 2.13. The Hall–Kier alpha value is -3.39. The molecule has 0 spiro atoms. The van der Waals surface area contributed by atoms with Gasteiger partial charge in [-0.2, -0.15) is 9.90 Å². The van der Waals surface area contributed by atoms with Crippen LogP contribution in [0.5, 0.6) is 0 Å². The van der Waals surface area contributed by atoms with E-state index in [1.807, 2.05) is 31.2 Å². The molecule has 1 aliphatic rings. The van der Waals surface area contributed by atoms with Gasteiger partial charge in [0.2, 0.25) is 11.7 Å². The van der Waals surface area contributed by atoms with Crippen molar-refractivity contribution in [2.24, 2.45) is 0 Å². The molecule has 8 nitrogen and oxygen atoms in total. The first-order valence-corrected chi connectivity index (χ1v) is 9.06. The van der Waals surface area contributed by atoms with Crippen molar-refractivity contribution in [3.05, 3.63) is 65.8 Å². The van der Waals surface area contributed by atoms with Crippen molar-refractivity contribution >= 4 is 17.8 Å². The third kappa shape index (κ3) is 3.96. The van der Waals surface area contributed by atoms with Crippen LogP contribution in [0.15, 0.2) is 48.9 Å². The first kappa shape index (κ1) is 18.0. The van der Waals surface area contributed by atoms with Crippen LogP contribution in [0, 0.1) is 6.92 Å². The van der Waals surface area contributed by atoms with Crippen molar-refractivity contribution in [3.63, 3.8) is 0 Å². The van der Waals surface area contributed by atoms with Crippen LogP contribution in [0.1, 0.15) is 21.6 Å². The SMILES string of the molecule is Cc1ccccc1-n1ncc(C(=O)/C=C/c2cnc(N3CCOCC3)nc2)n1. The van der Waals surface area contributed by atoms with Crippen molar-refractivity contribution in [3.8, 4) is 5.69 Å². The third-order valence-corrected chi connectivity index (χ3v) is 4.45. The molecule has 3 heterocycles. The number of carbonyl (C=O) groups excluding carboxylic acids is 1. The highest BCUT2D eigenvalue weighted by Crippen LogP contribution is 2.12. The number of anilines is 1. The van der Waals surface area contributed by atoms with E-state index in [2.05, 4.69) is 25.1 Å². The summed E-state index contributed by atoms with van der Waals surface area (Å²) in [7, 11) is 0. The molecule has 0 unspecified atom stereocenters. The summed E-state index contributed by atoms with van der Waals surface area (Å²) in [5, 5.41) is 8.48. The molecule has 0 atom stereocenters. The van der Waals surface area contributed by atoms with Crippen molar-refractivity contribution in [2.45, 2.75) is 6.92 Å². The van der Waals surface area contributed by atoms with E-state index in [9.17, 15) is 4.79 Å². The highest BCUT2D eigenvalue weighted by molar-refractivity contribution is 6.05. The summed E-state index contributed by atoms with van der Waals surface area (Å²) < 4.78 is 5.33. The number of nitrogens with zero attached hydrogens (tertiary/aromatic N) is 6. The number of carbonyl (C=O) groups is 1. The molecule has 3 aromatic rings. The van der Waals surface area contributed by atoms with Gasteiger partial charge in [-0.3, -0.25) is 4.79 Å². The second-order valence-corrected chi connectivity index (χ2v) is 6.42. The number of ether oxygens (including phenoxy) is 1. The Morgan fingerprint density at radius 3 is 2.61 bits per heavy atom. The lowest BCUT2D eigenvalue weighted by Crippen LogP contribution is -2.37. The molecule has 0 saturated carbocycles. The minimum Gasteiger partial charge on any atom is -0.378 e. The molecule has 1 aliphatic heterocycles. The van der Waals surface area contributed by atoms with Crippen LogP contribution >= 0.6 is 0 Å². The Morgan fingerprint density at radius 1 is 1.11 bits per heavy atom. The number of benzene rings is 1. The lowest BCUT2D eigenvalue weighted by Gasteiger charge is -2.26. The van der Waals surface area contributed by atoms with Crippen molar-refractivity contribution in [2.75, 3.05) is 31.2 Å². The van der Waals surface area contributed by atoms with Gasteiger partial charge in [0.05, 0.1) is 25.1 Å². The lowest BCUT2D eigenvalue weighted by atomic mass is 10.2. The molecule has 0 radical (unpaired) electrons. The molecule has 0 aliphatic carbocycles. The van der Waals surface area contributed by atoms with E-state index in [0.717, 1.165) is 29.9 Å². The molecule has 142 valence electrons. The number of aromatic nitrogens is 5. The minimum atomic E-state index is -0.225. The van der Waals surface area contributed by atoms with Crippen molar-refractivity contribution in [1.82, 2.24) is 25.0 Å². The Kier molecular flexibility index (Phi) is 5.20. The van der Waals surface area contributed by atoms with Gasteiger partial charge in [-0.25, -0.2) is 9.97 Å². The van der Waals surface area contributed by atoms with Gasteiger partial charge in [0, 0.05) is 31.0 Å². The lowest BCUT2D eigenvalue weighted by molar-refractivity contribution is 0.104. The minimum absolute atomic E-state index is 0.225. The molecule has 1 aromatic carbocycles. The first-order valence-electron chi connectivity index (χ1n) is 9.06. The Labute approximate surface area is 162 Å². The molecular formula is C20H20N6O2. The molecule has 1 saturated heterocycles. The summed E-state index contributed by atoms with van der Waals surface area (Å²) in [5.74, 6) is 0.449. The van der Waals surface area contributed by atoms with Crippen LogP contribution in [0.4, 0.5) is 5.95 Å². The quantitative estimate of drug-likeness (QED) is 0.498. The fourth-order valence-corrected chi connectivity index (χ4v) is 2.88. The van der Waals surface area contributed by atoms with E-state index in [-0.39, 0.29) is 11.5 Å². The summed E-state index contributed by atoms with van der Waals surface area (Å²) >= 11 is 0. The molecule has 0 amide bonds. The van der Waals surface area contributed by atoms with Gasteiger partial charge in [-0.05, 0) is 30.7 Å². The second-order valence-electron chi connectivity index (χ2n) is 6.42. The van der Waals surface area contributed by atoms with E-state index in [0.29, 0.717) is 19.2 Å². The van der Waals surface area contributed by atoms with Gasteiger partial charge in [0.15, 0.2) is 5.69 Å². The zero-order chi connectivity index (χ0) is 19.3. The van der Waals surface area contributed by atoms with Gasteiger partial charge < -0.3 is 9.64 Å². The topological polar surface area (TPSA) is 86.0 Å². The number of hydrogen-bond acceptors (Lipinski definition) is 7. The maximum absolute atomic E-state index is 12.4. The van der Waals surface area contributed by atoms with Crippen LogP contribution in [0.25, 0.3) is 11.8 Å². The van der Waals surface area contributed by atoms with E-state index in [1.54, 1.807) is 18.5 Å². The van der Waals surface area contributed by atoms with Crippen LogP contribution in [-0.2, 0) is 4.74 Å². The van der Waals surface area contributed by atoms with E-state index < -0.39 is 0 Å². The highest BCUT2D eigenvalue weighted by atomic mass is 16.5. The number of para-hydroxylation sites is 1. The zero-order valence-electron chi connectivity index (χ0n) is 15.5. The van der Waals surface area contributed by atoms with Gasteiger partial charge in [-0.15, -0.1) is 5.10 Å². The Bertz CT molecular complexity index is 990. The van der Waals surface area contributed by atoms with E-state index in [4.69, 9.17) is 4.74 Å². The number of aryl methyl sites for hydroxylation is 1. The fraction of sp³-hybridized carbons (Fsp3) is 0.250. The van der Waals surface area contributed by atoms with Gasteiger partial charge in [0.25, 0.3) is 0 Å². The number of morpholine rings is 1. The van der Waals surface area contributed by atoms with Crippen LogP contribution < -0.4 is 4.90 Å². The summed E-state index contributed by atoms with van der Waals surface area (Å²) in [6, 6.07) is 7.74. The monoisotopic (exact) mass is 376 g/mol. The predicted octanol–water partition coefficient (Wildman–Crippen LogP) is 2.10. The summed E-state index contributed by atoms with van der Waals surface area (Å²) in [5.41, 5.74) is 2.91. The normalized spacial score (nSPS) is 14.5. The molecular weight excluding hydrogens is 356 g/mol. The first-order chi connectivity index (χ1) is 13.7. The average molecular weight is 376 g/mol. The zero-order valence-corrected chi connectivity index (χ0v) is 15.5. The van der Waals surface area contributed by atoms with Gasteiger partial charge in [-0.1, -0.05) is 18.2 Å². The van der Waals surface area contributed by atoms with E-state index >= 15 is 0 Å². The molecule has 0 bridgehead atoms. The third-order valence-electron chi connectivity index (χ3n) is 4.45. The summed E-state index contributed by atoms with van der Waals surface area (Å²) in [6.45, 7) is 4.90. The van der Waals surface area contributed by atoms with Crippen LogP contribution in [0.3, 0.4) is 0 Å². The standard InChI is InChI=1S/C20H20N6O2/c1-15-4-2-3-5-18(15)26-23-14-17(24-26)19(27)7-6-16-12-21-20(22-13-16)25-8-10-28-11-9-25/h2-7,12-14H,8-11H2,1H3/b7-6+. The maximum atomic E-state index is 12.4. The predicted molar refractivity (Wildman–Crippen MR) is 105 cm³/mol. The number of rotatable bonds is 5. The summed E-state index contributed by atoms with van der Waals surface area (Å²) in [4.78, 5) is 24.7. The fourth-order valence-electron chi connectivity index (χ4n) is 2.88. The Balaban J connectivity index is 1.43. The molecule has 4 rings (SSSR count). The van der Waals surface area contributed by atoms with Gasteiger partial charge >= 0.3 is 0 Å². The summed E-state index contributed by atoms with van der Waals surface area (Å²) in [6.07, 6.45) is 8.01. The molecule has 0 N–H and O–H groups in total. The number of ketones is 1. The van der Waals surface area contributed by atoms with Gasteiger partial charge in [0.1, 0.15) is 0 Å².